The Morgan fingerprint density at radius 3 is 2.52 bits per heavy atom. The van der Waals surface area contributed by atoms with Crippen molar-refractivity contribution in [1.82, 2.24) is 14.5 Å². The topological polar surface area (TPSA) is 79.7 Å². The van der Waals surface area contributed by atoms with Gasteiger partial charge in [-0.1, -0.05) is 0 Å². The fourth-order valence-electron chi connectivity index (χ4n) is 2.70. The van der Waals surface area contributed by atoms with Crippen LogP contribution < -0.4 is 5.73 Å². The van der Waals surface area contributed by atoms with Crippen LogP contribution in [0.15, 0.2) is 17.4 Å². The van der Waals surface area contributed by atoms with Crippen LogP contribution in [0.1, 0.15) is 31.5 Å². The van der Waals surface area contributed by atoms with E-state index in [1.165, 1.54) is 19.4 Å². The molecule has 1 aromatic heterocycles. The lowest BCUT2D eigenvalue weighted by molar-refractivity contribution is -0.272. The number of aromatic nitrogens is 2. The van der Waals surface area contributed by atoms with Gasteiger partial charge in [-0.3, -0.25) is 4.99 Å². The molecule has 0 radical (unpaired) electrons. The normalized spacial score (nSPS) is 19.7. The number of hydrogen-bond acceptors (Lipinski definition) is 3. The Kier molecular flexibility index (Phi) is 5.18. The number of aliphatic hydroxyl groups is 1. The molecular formula is C14H22F3N5O. The van der Waals surface area contributed by atoms with Crippen molar-refractivity contribution in [3.63, 3.8) is 0 Å². The maximum atomic E-state index is 13.3. The smallest absolute Gasteiger partial charge is 0.374 e. The summed E-state index contributed by atoms with van der Waals surface area (Å²) in [6.07, 6.45) is 0.217. The predicted molar refractivity (Wildman–Crippen MR) is 79.7 cm³/mol. The quantitative estimate of drug-likeness (QED) is 0.644. The number of alkyl halides is 3. The second-order valence-electron chi connectivity index (χ2n) is 5.76. The molecule has 2 heterocycles. The van der Waals surface area contributed by atoms with Crippen LogP contribution in [0.4, 0.5) is 13.2 Å². The number of aryl methyl sites for hydroxylation is 1. The Balaban J connectivity index is 2.09. The number of halogens is 3. The summed E-state index contributed by atoms with van der Waals surface area (Å²) >= 11 is 0. The van der Waals surface area contributed by atoms with Gasteiger partial charge < -0.3 is 20.3 Å². The van der Waals surface area contributed by atoms with E-state index in [1.807, 2.05) is 4.90 Å². The maximum Gasteiger partial charge on any atom is 0.424 e. The first-order valence-electron chi connectivity index (χ1n) is 7.57. The Morgan fingerprint density at radius 1 is 1.35 bits per heavy atom. The molecule has 0 aliphatic carbocycles. The Bertz CT molecular complexity index is 551. The third-order valence-electron chi connectivity index (χ3n) is 4.09. The van der Waals surface area contributed by atoms with Crippen LogP contribution in [0.2, 0.25) is 0 Å². The molecule has 1 fully saturated rings. The SMILES string of the molecule is Cn1ccnc1C(O)(CCN=C(N)N1CCCCC1)C(F)(F)F. The highest BCUT2D eigenvalue weighted by molar-refractivity contribution is 5.78. The van der Waals surface area contributed by atoms with E-state index in [0.29, 0.717) is 0 Å². The largest absolute Gasteiger partial charge is 0.424 e. The molecule has 0 aromatic carbocycles. The van der Waals surface area contributed by atoms with Crippen molar-refractivity contribution in [2.24, 2.45) is 17.8 Å². The molecule has 3 N–H and O–H groups in total. The summed E-state index contributed by atoms with van der Waals surface area (Å²) < 4.78 is 41.2. The molecule has 6 nitrogen and oxygen atoms in total. The van der Waals surface area contributed by atoms with Crippen LogP contribution in [-0.2, 0) is 12.6 Å². The zero-order valence-corrected chi connectivity index (χ0v) is 13.1. The molecule has 1 atom stereocenters. The molecule has 1 unspecified atom stereocenters. The minimum absolute atomic E-state index is 0.231. The third-order valence-corrected chi connectivity index (χ3v) is 4.09. The third kappa shape index (κ3) is 3.77. The van der Waals surface area contributed by atoms with Crippen molar-refractivity contribution in [3.05, 3.63) is 18.2 Å². The minimum Gasteiger partial charge on any atom is -0.374 e. The first-order chi connectivity index (χ1) is 10.8. The summed E-state index contributed by atoms with van der Waals surface area (Å²) in [6, 6.07) is 0. The van der Waals surface area contributed by atoms with E-state index in [2.05, 4.69) is 9.98 Å². The standard InChI is InChI=1S/C14H22F3N5O/c1-21-10-7-19-11(21)13(23,14(15,16)17)5-6-20-12(18)22-8-3-2-4-9-22/h7,10,23H,2-6,8-9H2,1H3,(H2,18,20). The van der Waals surface area contributed by atoms with Gasteiger partial charge in [0.1, 0.15) is 5.82 Å². The molecule has 23 heavy (non-hydrogen) atoms. The Hall–Kier alpha value is -1.77. The van der Waals surface area contributed by atoms with Gasteiger partial charge in [0.05, 0.1) is 0 Å². The van der Waals surface area contributed by atoms with Gasteiger partial charge in [-0.15, -0.1) is 0 Å². The van der Waals surface area contributed by atoms with E-state index in [1.54, 1.807) is 0 Å². The molecule has 1 aliphatic heterocycles. The van der Waals surface area contributed by atoms with E-state index in [9.17, 15) is 18.3 Å². The van der Waals surface area contributed by atoms with Gasteiger partial charge in [0.2, 0.25) is 5.60 Å². The lowest BCUT2D eigenvalue weighted by atomic mass is 9.98. The Labute approximate surface area is 132 Å². The fourth-order valence-corrected chi connectivity index (χ4v) is 2.70. The van der Waals surface area contributed by atoms with Crippen molar-refractivity contribution in [1.29, 1.82) is 0 Å². The highest BCUT2D eigenvalue weighted by Crippen LogP contribution is 2.40. The summed E-state index contributed by atoms with van der Waals surface area (Å²) in [6.45, 7) is 1.29. The number of rotatable bonds is 4. The number of guanidine groups is 1. The first-order valence-corrected chi connectivity index (χ1v) is 7.57. The number of nitrogens with two attached hydrogens (primary N) is 1. The molecule has 1 aliphatic rings. The molecule has 0 spiro atoms. The number of hydrogen-bond donors (Lipinski definition) is 2. The fraction of sp³-hybridized carbons (Fsp3) is 0.714. The van der Waals surface area contributed by atoms with Gasteiger partial charge in [-0.2, -0.15) is 13.2 Å². The average molecular weight is 333 g/mol. The molecule has 0 bridgehead atoms. The molecule has 2 rings (SSSR count). The van der Waals surface area contributed by atoms with Gasteiger partial charge in [-0.25, -0.2) is 4.98 Å². The van der Waals surface area contributed by atoms with Gasteiger partial charge in [0, 0.05) is 45.5 Å². The highest BCUT2D eigenvalue weighted by atomic mass is 19.4. The van der Waals surface area contributed by atoms with Crippen molar-refractivity contribution in [3.8, 4) is 0 Å². The van der Waals surface area contributed by atoms with Crippen LogP contribution in [0.5, 0.6) is 0 Å². The monoisotopic (exact) mass is 333 g/mol. The van der Waals surface area contributed by atoms with Crippen LogP contribution in [0, 0.1) is 0 Å². The van der Waals surface area contributed by atoms with Gasteiger partial charge in [-0.05, 0) is 19.3 Å². The molecule has 1 saturated heterocycles. The lowest BCUT2D eigenvalue weighted by Gasteiger charge is -2.30. The van der Waals surface area contributed by atoms with E-state index in [0.717, 1.165) is 36.9 Å². The van der Waals surface area contributed by atoms with Gasteiger partial charge in [0.15, 0.2) is 5.96 Å². The van der Waals surface area contributed by atoms with Gasteiger partial charge >= 0.3 is 6.18 Å². The van der Waals surface area contributed by atoms with Crippen LogP contribution in [-0.4, -0.2) is 51.3 Å². The summed E-state index contributed by atoms with van der Waals surface area (Å²) in [5, 5.41) is 10.2. The predicted octanol–water partition coefficient (Wildman–Crippen LogP) is 1.36. The Morgan fingerprint density at radius 2 is 2.00 bits per heavy atom. The zero-order valence-electron chi connectivity index (χ0n) is 13.1. The molecule has 130 valence electrons. The second-order valence-corrected chi connectivity index (χ2v) is 5.76. The number of piperidine rings is 1. The van der Waals surface area contributed by atoms with E-state index in [-0.39, 0.29) is 12.5 Å². The van der Waals surface area contributed by atoms with Crippen molar-refractivity contribution >= 4 is 5.96 Å². The number of likely N-dealkylation sites (tertiary alicyclic amines) is 1. The molecular weight excluding hydrogens is 311 g/mol. The van der Waals surface area contributed by atoms with Crippen molar-refractivity contribution < 1.29 is 18.3 Å². The maximum absolute atomic E-state index is 13.3. The first kappa shape index (κ1) is 17.6. The zero-order chi connectivity index (χ0) is 17.1. The summed E-state index contributed by atoms with van der Waals surface area (Å²) in [7, 11) is 1.41. The van der Waals surface area contributed by atoms with Gasteiger partial charge in [0.25, 0.3) is 0 Å². The van der Waals surface area contributed by atoms with Crippen LogP contribution in [0.3, 0.4) is 0 Å². The summed E-state index contributed by atoms with van der Waals surface area (Å²) in [5.41, 5.74) is 2.78. The van der Waals surface area contributed by atoms with E-state index in [4.69, 9.17) is 5.73 Å². The number of aliphatic imine (C=N–C) groups is 1. The molecule has 0 saturated carbocycles. The van der Waals surface area contributed by atoms with E-state index < -0.39 is 24.0 Å². The van der Waals surface area contributed by atoms with Crippen LogP contribution >= 0.6 is 0 Å². The summed E-state index contributed by atoms with van der Waals surface area (Å²) in [5.74, 6) is -0.217. The average Bonchev–Trinajstić information content (AvgIpc) is 2.93. The number of nitrogens with zero attached hydrogens (tertiary/aromatic N) is 4. The lowest BCUT2D eigenvalue weighted by Crippen LogP contribution is -2.45. The van der Waals surface area contributed by atoms with Crippen molar-refractivity contribution in [2.45, 2.75) is 37.5 Å². The summed E-state index contributed by atoms with van der Waals surface area (Å²) in [4.78, 5) is 9.51. The highest BCUT2D eigenvalue weighted by Gasteiger charge is 2.57. The molecule has 9 heteroatoms. The van der Waals surface area contributed by atoms with Crippen molar-refractivity contribution in [2.75, 3.05) is 19.6 Å². The second kappa shape index (κ2) is 6.77. The number of imidazole rings is 1. The van der Waals surface area contributed by atoms with Crippen LogP contribution in [0.25, 0.3) is 0 Å². The molecule has 1 aromatic rings. The molecule has 0 amide bonds. The van der Waals surface area contributed by atoms with E-state index >= 15 is 0 Å². The minimum atomic E-state index is -4.85.